The van der Waals surface area contributed by atoms with Crippen LogP contribution in [0.4, 0.5) is 0 Å². The molecular formula is C24H47N13O7. The molecule has 0 radical (unpaired) electrons. The van der Waals surface area contributed by atoms with E-state index in [0.717, 1.165) is 0 Å². The Morgan fingerprint density at radius 1 is 0.591 bits per heavy atom. The van der Waals surface area contributed by atoms with Crippen LogP contribution in [-0.2, 0) is 28.8 Å². The zero-order valence-electron chi connectivity index (χ0n) is 24.6. The number of carbonyl (C=O) groups is 6. The largest absolute Gasteiger partial charge is 0.480 e. The maximum Gasteiger partial charge on any atom is 0.326 e. The minimum atomic E-state index is -1.65. The van der Waals surface area contributed by atoms with Gasteiger partial charge in [-0.05, 0) is 51.5 Å². The number of primary amides is 1. The second-order valence-corrected chi connectivity index (χ2v) is 9.70. The van der Waals surface area contributed by atoms with Gasteiger partial charge in [0.05, 0.1) is 13.0 Å². The number of nitrogens with zero attached hydrogens (tertiary/aromatic N) is 2. The van der Waals surface area contributed by atoms with Crippen molar-refractivity contribution in [3.05, 3.63) is 0 Å². The van der Waals surface area contributed by atoms with Crippen LogP contribution >= 0.6 is 0 Å². The van der Waals surface area contributed by atoms with Crippen molar-refractivity contribution in [1.29, 1.82) is 0 Å². The minimum absolute atomic E-state index is 0.0410. The summed E-state index contributed by atoms with van der Waals surface area (Å²) in [6.07, 6.45) is 0.921. The van der Waals surface area contributed by atoms with Crippen molar-refractivity contribution in [2.75, 3.05) is 26.2 Å². The average Bonchev–Trinajstić information content (AvgIpc) is 2.94. The highest BCUT2D eigenvalue weighted by Gasteiger charge is 2.31. The van der Waals surface area contributed by atoms with Gasteiger partial charge in [-0.15, -0.1) is 0 Å². The fourth-order valence-corrected chi connectivity index (χ4v) is 3.78. The molecule has 0 aromatic rings. The van der Waals surface area contributed by atoms with Crippen LogP contribution in [0, 0.1) is 0 Å². The summed E-state index contributed by atoms with van der Waals surface area (Å²) < 4.78 is 0. The molecule has 5 amide bonds. The fraction of sp³-hybridized carbons (Fsp3) is 0.667. The highest BCUT2D eigenvalue weighted by atomic mass is 16.4. The molecule has 0 aliphatic heterocycles. The molecule has 20 heteroatoms. The quantitative estimate of drug-likeness (QED) is 0.0285. The molecule has 250 valence electrons. The molecule has 0 aromatic heterocycles. The molecule has 0 spiro atoms. The normalized spacial score (nSPS) is 13.2. The third-order valence-corrected chi connectivity index (χ3v) is 5.96. The molecule has 0 bridgehead atoms. The monoisotopic (exact) mass is 629 g/mol. The van der Waals surface area contributed by atoms with Crippen molar-refractivity contribution >= 4 is 47.4 Å². The van der Waals surface area contributed by atoms with Gasteiger partial charge in [0.25, 0.3) is 0 Å². The Bertz CT molecular complexity index is 1030. The molecule has 0 saturated heterocycles. The molecule has 0 aliphatic carbocycles. The lowest BCUT2D eigenvalue weighted by atomic mass is 10.0. The second kappa shape index (κ2) is 21.9. The fourth-order valence-electron chi connectivity index (χ4n) is 3.78. The predicted molar refractivity (Wildman–Crippen MR) is 161 cm³/mol. The van der Waals surface area contributed by atoms with Gasteiger partial charge < -0.3 is 66.5 Å². The predicted octanol–water partition coefficient (Wildman–Crippen LogP) is -5.92. The minimum Gasteiger partial charge on any atom is -0.480 e. The molecule has 4 atom stereocenters. The number of carbonyl (C=O) groups excluding carboxylic acids is 5. The van der Waals surface area contributed by atoms with Crippen LogP contribution in [0.25, 0.3) is 0 Å². The highest BCUT2D eigenvalue weighted by Crippen LogP contribution is 2.07. The number of hydrogen-bond acceptors (Lipinski definition) is 10. The van der Waals surface area contributed by atoms with E-state index in [9.17, 15) is 33.9 Å². The number of aliphatic carboxylic acids is 1. The van der Waals surface area contributed by atoms with Crippen LogP contribution in [0.15, 0.2) is 9.98 Å². The third-order valence-electron chi connectivity index (χ3n) is 5.96. The summed E-state index contributed by atoms with van der Waals surface area (Å²) in [4.78, 5) is 82.1. The Morgan fingerprint density at radius 2 is 1.00 bits per heavy atom. The van der Waals surface area contributed by atoms with Crippen molar-refractivity contribution in [3.63, 3.8) is 0 Å². The SMILES string of the molecule is NCCCC[C@H](NC(=O)[C@H](CCCN=C(N)N)NC(=O)CN)C(=O)N[C@@H](CCCN=C(N)N)C(=O)N[C@@H](CC(N)=O)C(=O)O. The van der Waals surface area contributed by atoms with Gasteiger partial charge >= 0.3 is 5.97 Å². The lowest BCUT2D eigenvalue weighted by Gasteiger charge is -2.26. The van der Waals surface area contributed by atoms with Crippen LogP contribution < -0.4 is 61.4 Å². The molecule has 0 aliphatic rings. The molecule has 0 saturated carbocycles. The number of rotatable bonds is 23. The van der Waals surface area contributed by atoms with E-state index in [0.29, 0.717) is 25.8 Å². The maximum atomic E-state index is 13.4. The number of aliphatic imine (C=N–C) groups is 2. The number of hydrogen-bond donors (Lipinski definition) is 12. The van der Waals surface area contributed by atoms with Crippen LogP contribution in [0.2, 0.25) is 0 Å². The van der Waals surface area contributed by atoms with Gasteiger partial charge in [0, 0.05) is 13.1 Å². The third kappa shape index (κ3) is 18.0. The summed E-state index contributed by atoms with van der Waals surface area (Å²) in [5.41, 5.74) is 37.3. The Hall–Kier alpha value is -4.72. The van der Waals surface area contributed by atoms with E-state index in [-0.39, 0.29) is 57.2 Å². The number of carboxylic acids is 1. The van der Waals surface area contributed by atoms with Gasteiger partial charge in [0.2, 0.25) is 29.5 Å². The molecule has 0 aromatic carbocycles. The smallest absolute Gasteiger partial charge is 0.326 e. The van der Waals surface area contributed by atoms with Crippen LogP contribution in [0.3, 0.4) is 0 Å². The van der Waals surface area contributed by atoms with E-state index in [1.165, 1.54) is 0 Å². The summed E-state index contributed by atoms with van der Waals surface area (Å²) in [6, 6.07) is -5.23. The van der Waals surface area contributed by atoms with E-state index < -0.39 is 66.1 Å². The molecule has 0 heterocycles. The van der Waals surface area contributed by atoms with E-state index in [1.807, 2.05) is 0 Å². The average molecular weight is 630 g/mol. The van der Waals surface area contributed by atoms with E-state index >= 15 is 0 Å². The molecule has 20 nitrogen and oxygen atoms in total. The number of amides is 5. The summed E-state index contributed by atoms with van der Waals surface area (Å²) in [5, 5.41) is 19.2. The van der Waals surface area contributed by atoms with Crippen LogP contribution in [-0.4, -0.2) is 103 Å². The lowest BCUT2D eigenvalue weighted by molar-refractivity contribution is -0.143. The first-order valence-corrected chi connectivity index (χ1v) is 13.9. The summed E-state index contributed by atoms with van der Waals surface area (Å²) in [5.74, 6) is -5.83. The standard InChI is InChI=1S/C24H47N13O7/c25-8-2-1-5-14(35-19(40)13(34-18(39)12-26)6-3-9-32-23(28)29)20(41)36-15(7-4-10-33-24(30)31)21(42)37-16(22(43)44)11-17(27)38/h13-16H,1-12,25-26H2,(H2,27,38)(H,34,39)(H,35,40)(H,36,41)(H,37,42)(H,43,44)(H4,28,29,32)(H4,30,31,33)/t13-,14-,15-,16-/m0/s1. The Morgan fingerprint density at radius 3 is 1.36 bits per heavy atom. The molecule has 0 fully saturated rings. The van der Waals surface area contributed by atoms with E-state index in [4.69, 9.17) is 40.1 Å². The molecule has 19 N–H and O–H groups in total. The molecule has 44 heavy (non-hydrogen) atoms. The first-order valence-electron chi connectivity index (χ1n) is 13.9. The van der Waals surface area contributed by atoms with Crippen LogP contribution in [0.1, 0.15) is 51.4 Å². The lowest BCUT2D eigenvalue weighted by Crippen LogP contribution is -2.58. The zero-order valence-corrected chi connectivity index (χ0v) is 24.6. The van der Waals surface area contributed by atoms with Gasteiger partial charge in [-0.2, -0.15) is 0 Å². The summed E-state index contributed by atoms with van der Waals surface area (Å²) in [7, 11) is 0. The highest BCUT2D eigenvalue weighted by molar-refractivity contribution is 5.95. The summed E-state index contributed by atoms with van der Waals surface area (Å²) in [6.45, 7) is 0.190. The molecule has 0 unspecified atom stereocenters. The van der Waals surface area contributed by atoms with Crippen LogP contribution in [0.5, 0.6) is 0 Å². The first-order chi connectivity index (χ1) is 20.7. The van der Waals surface area contributed by atoms with Crippen molar-refractivity contribution in [2.24, 2.45) is 50.1 Å². The number of guanidine groups is 2. The van der Waals surface area contributed by atoms with Gasteiger partial charge in [-0.25, -0.2) is 4.79 Å². The topological polar surface area (TPSA) is 378 Å². The number of carboxylic acid groups (broad SMARTS) is 1. The maximum absolute atomic E-state index is 13.4. The van der Waals surface area contributed by atoms with Crippen molar-refractivity contribution in [1.82, 2.24) is 21.3 Å². The Balaban J connectivity index is 5.97. The van der Waals surface area contributed by atoms with Gasteiger partial charge in [0.1, 0.15) is 24.2 Å². The number of nitrogens with two attached hydrogens (primary N) is 7. The Kier molecular flexibility index (Phi) is 19.6. The van der Waals surface area contributed by atoms with Gasteiger partial charge in [-0.1, -0.05) is 0 Å². The molecule has 0 rings (SSSR count). The van der Waals surface area contributed by atoms with Crippen molar-refractivity contribution in [3.8, 4) is 0 Å². The number of nitrogens with one attached hydrogen (secondary N) is 4. The van der Waals surface area contributed by atoms with E-state index in [2.05, 4.69) is 31.3 Å². The van der Waals surface area contributed by atoms with E-state index in [1.54, 1.807) is 0 Å². The van der Waals surface area contributed by atoms with Gasteiger partial charge in [-0.3, -0.25) is 34.0 Å². The Labute approximate surface area is 254 Å². The zero-order chi connectivity index (χ0) is 33.7. The van der Waals surface area contributed by atoms with Gasteiger partial charge in [0.15, 0.2) is 11.9 Å². The summed E-state index contributed by atoms with van der Waals surface area (Å²) >= 11 is 0. The number of unbranched alkanes of at least 4 members (excludes halogenated alkanes) is 1. The molecular weight excluding hydrogens is 582 g/mol. The van der Waals surface area contributed by atoms with Crippen molar-refractivity contribution < 1.29 is 33.9 Å². The van der Waals surface area contributed by atoms with Crippen molar-refractivity contribution in [2.45, 2.75) is 75.5 Å². The second-order valence-electron chi connectivity index (χ2n) is 9.70. The first kappa shape index (κ1) is 39.3.